The minimum absolute atomic E-state index is 0.0508. The van der Waals surface area contributed by atoms with Gasteiger partial charge in [0.2, 0.25) is 0 Å². The molecular weight excluding hydrogens is 421 g/mol. The maximum Gasteiger partial charge on any atom is 0.460 e. The van der Waals surface area contributed by atoms with Crippen LogP contribution in [0.15, 0.2) is 29.4 Å². The Morgan fingerprint density at radius 3 is 1.86 bits per heavy atom. The second-order valence-corrected chi connectivity index (χ2v) is 5.92. The van der Waals surface area contributed by atoms with Gasteiger partial charge in [-0.1, -0.05) is 12.1 Å². The lowest BCUT2D eigenvalue weighted by Crippen LogP contribution is -2.63. The van der Waals surface area contributed by atoms with Crippen LogP contribution in [0.5, 0.6) is 0 Å². The van der Waals surface area contributed by atoms with Gasteiger partial charge in [-0.15, -0.1) is 0 Å². The molecule has 0 N–H and O–H groups in total. The number of ether oxygens (including phenoxy) is 1. The van der Waals surface area contributed by atoms with Crippen molar-refractivity contribution in [3.8, 4) is 6.07 Å². The van der Waals surface area contributed by atoms with E-state index in [1.165, 1.54) is 0 Å². The highest BCUT2D eigenvalue weighted by Crippen LogP contribution is 2.54. The van der Waals surface area contributed by atoms with Gasteiger partial charge in [0, 0.05) is 5.56 Å². The lowest BCUT2D eigenvalue weighted by Gasteiger charge is -2.35. The number of hydrogen-bond donors (Lipinski definition) is 0. The van der Waals surface area contributed by atoms with Crippen molar-refractivity contribution in [2.24, 2.45) is 5.10 Å². The highest BCUT2D eigenvalue weighted by Gasteiger charge is 2.83. The van der Waals surface area contributed by atoms with E-state index in [1.54, 1.807) is 6.07 Å². The molecule has 0 aliphatic carbocycles. The zero-order valence-corrected chi connectivity index (χ0v) is 14.3. The lowest BCUT2D eigenvalue weighted by atomic mass is 9.94. The third-order valence-electron chi connectivity index (χ3n) is 3.96. The van der Waals surface area contributed by atoms with Gasteiger partial charge in [-0.05, 0) is 12.1 Å². The summed E-state index contributed by atoms with van der Waals surface area (Å²) in [5.41, 5.74) is -2.92. The van der Waals surface area contributed by atoms with Crippen molar-refractivity contribution in [1.29, 1.82) is 5.26 Å². The van der Waals surface area contributed by atoms with E-state index < -0.39 is 35.2 Å². The predicted octanol–water partition coefficient (Wildman–Crippen LogP) is 4.06. The third-order valence-corrected chi connectivity index (χ3v) is 3.96. The van der Waals surface area contributed by atoms with Gasteiger partial charge in [-0.2, -0.15) is 49.9 Å². The van der Waals surface area contributed by atoms with E-state index in [9.17, 15) is 39.5 Å². The minimum atomic E-state index is -7.04. The topological polar surface area (TPSA) is 48.6 Å². The maximum absolute atomic E-state index is 14.5. The van der Waals surface area contributed by atoms with Crippen molar-refractivity contribution in [2.45, 2.75) is 23.9 Å². The van der Waals surface area contributed by atoms with Gasteiger partial charge < -0.3 is 4.74 Å². The Kier molecular flexibility index (Phi) is 6.08. The normalized spacial score (nSPS) is 17.2. The summed E-state index contributed by atoms with van der Waals surface area (Å²) >= 11 is 0. The Labute approximate surface area is 158 Å². The summed E-state index contributed by atoms with van der Waals surface area (Å²) in [5.74, 6) is -19.9. The zero-order chi connectivity index (χ0) is 22.1. The second kappa shape index (κ2) is 7.74. The first kappa shape index (κ1) is 22.8. The van der Waals surface area contributed by atoms with Gasteiger partial charge >= 0.3 is 23.9 Å². The molecule has 1 aromatic carbocycles. The maximum atomic E-state index is 14.5. The average Bonchev–Trinajstić information content (AvgIpc) is 2.65. The van der Waals surface area contributed by atoms with E-state index in [0.717, 1.165) is 17.1 Å². The van der Waals surface area contributed by atoms with Gasteiger partial charge in [-0.25, -0.2) is 0 Å². The van der Waals surface area contributed by atoms with E-state index >= 15 is 0 Å². The molecule has 1 saturated heterocycles. The molecule has 1 aromatic rings. The number of rotatable bonds is 5. The Hall–Kier alpha value is -2.49. The number of benzene rings is 1. The van der Waals surface area contributed by atoms with Crippen molar-refractivity contribution in [1.82, 2.24) is 5.01 Å². The van der Waals surface area contributed by atoms with Crippen LogP contribution in [-0.2, 0) is 4.74 Å². The Balaban J connectivity index is 2.61. The summed E-state index contributed by atoms with van der Waals surface area (Å²) in [6.07, 6.45) is -6.94. The molecule has 0 saturated carbocycles. The first-order valence-corrected chi connectivity index (χ1v) is 7.88. The molecule has 13 heteroatoms. The summed E-state index contributed by atoms with van der Waals surface area (Å²) in [6.45, 7) is -0.468. The van der Waals surface area contributed by atoms with Crippen LogP contribution in [0.2, 0.25) is 0 Å². The van der Waals surface area contributed by atoms with E-state index in [0.29, 0.717) is 12.1 Å². The van der Waals surface area contributed by atoms with E-state index in [-0.39, 0.29) is 31.9 Å². The molecule has 0 aromatic heterocycles. The van der Waals surface area contributed by atoms with E-state index in [4.69, 9.17) is 10.00 Å². The number of halogens is 9. The van der Waals surface area contributed by atoms with Gasteiger partial charge in [0.15, 0.2) is 0 Å². The molecule has 160 valence electrons. The van der Waals surface area contributed by atoms with Crippen molar-refractivity contribution < 1.29 is 44.3 Å². The van der Waals surface area contributed by atoms with Crippen LogP contribution in [-0.4, -0.2) is 61.0 Å². The fraction of sp³-hybridized carbons (Fsp3) is 0.500. The molecule has 0 amide bonds. The van der Waals surface area contributed by atoms with Crippen molar-refractivity contribution >= 4 is 5.71 Å². The van der Waals surface area contributed by atoms with Crippen LogP contribution in [0.4, 0.5) is 39.5 Å². The number of nitrogens with zero attached hydrogens (tertiary/aromatic N) is 3. The summed E-state index contributed by atoms with van der Waals surface area (Å²) in [4.78, 5) is 0. The summed E-state index contributed by atoms with van der Waals surface area (Å²) in [7, 11) is 0. The molecule has 29 heavy (non-hydrogen) atoms. The Morgan fingerprint density at radius 2 is 1.41 bits per heavy atom. The monoisotopic (exact) mass is 433 g/mol. The summed E-state index contributed by atoms with van der Waals surface area (Å²) in [5, 5.41) is 12.8. The Morgan fingerprint density at radius 1 is 0.897 bits per heavy atom. The van der Waals surface area contributed by atoms with Gasteiger partial charge in [0.25, 0.3) is 0 Å². The van der Waals surface area contributed by atoms with Crippen LogP contribution < -0.4 is 0 Å². The SMILES string of the molecule is N#Cc1ccc(/C(=N\N2CCOCC2)C(F)(F)C(F)(F)C(F)(F)C(F)(F)F)cc1. The predicted molar refractivity (Wildman–Crippen MR) is 81.0 cm³/mol. The molecule has 4 nitrogen and oxygen atoms in total. The van der Waals surface area contributed by atoms with E-state index in [2.05, 4.69) is 5.10 Å². The van der Waals surface area contributed by atoms with Gasteiger partial charge in [-0.3, -0.25) is 5.01 Å². The number of hydrogen-bond acceptors (Lipinski definition) is 4. The zero-order valence-electron chi connectivity index (χ0n) is 14.3. The number of nitriles is 1. The van der Waals surface area contributed by atoms with Crippen LogP contribution in [0.3, 0.4) is 0 Å². The molecule has 0 atom stereocenters. The van der Waals surface area contributed by atoms with Crippen molar-refractivity contribution in [3.05, 3.63) is 35.4 Å². The molecule has 1 aliphatic rings. The summed E-state index contributed by atoms with van der Waals surface area (Å²) in [6, 6.07) is 4.83. The molecule has 1 heterocycles. The quantitative estimate of drug-likeness (QED) is 0.520. The number of morpholine rings is 1. The van der Waals surface area contributed by atoms with Crippen LogP contribution in [0.25, 0.3) is 0 Å². The Bertz CT molecular complexity index is 791. The standard InChI is InChI=1S/C16H12F9N3O/c17-13(18,14(19,20)15(21,22)16(23,24)25)12(27-28-5-7-29-8-6-28)11-3-1-10(9-26)2-4-11/h1-4H,5-8H2/b27-12+. The van der Waals surface area contributed by atoms with E-state index in [1.807, 2.05) is 0 Å². The highest BCUT2D eigenvalue weighted by atomic mass is 19.4. The fourth-order valence-corrected chi connectivity index (χ4v) is 2.32. The van der Waals surface area contributed by atoms with Crippen molar-refractivity contribution in [2.75, 3.05) is 26.3 Å². The molecular formula is C16H12F9N3O. The molecule has 2 rings (SSSR count). The fourth-order valence-electron chi connectivity index (χ4n) is 2.32. The lowest BCUT2D eigenvalue weighted by molar-refractivity contribution is -0.384. The van der Waals surface area contributed by atoms with Gasteiger partial charge in [0.05, 0.1) is 37.9 Å². The molecule has 0 spiro atoms. The first-order chi connectivity index (χ1) is 13.3. The van der Waals surface area contributed by atoms with Crippen LogP contribution in [0, 0.1) is 11.3 Å². The van der Waals surface area contributed by atoms with Gasteiger partial charge in [0.1, 0.15) is 5.71 Å². The molecule has 0 bridgehead atoms. The smallest absolute Gasteiger partial charge is 0.378 e. The van der Waals surface area contributed by atoms with Crippen LogP contribution in [0.1, 0.15) is 11.1 Å². The molecule has 1 aliphatic heterocycles. The second-order valence-electron chi connectivity index (χ2n) is 5.92. The number of hydrazone groups is 1. The third kappa shape index (κ3) is 4.12. The largest absolute Gasteiger partial charge is 0.460 e. The van der Waals surface area contributed by atoms with Crippen molar-refractivity contribution in [3.63, 3.8) is 0 Å². The average molecular weight is 433 g/mol. The van der Waals surface area contributed by atoms with Crippen LogP contribution >= 0.6 is 0 Å². The first-order valence-electron chi connectivity index (χ1n) is 7.88. The highest BCUT2D eigenvalue weighted by molar-refractivity contribution is 6.06. The minimum Gasteiger partial charge on any atom is -0.378 e. The molecule has 0 unspecified atom stereocenters. The number of alkyl halides is 9. The molecule has 0 radical (unpaired) electrons. The summed E-state index contributed by atoms with van der Waals surface area (Å²) < 4.78 is 126. The molecule has 1 fully saturated rings.